The fraction of sp³-hybridized carbons (Fsp3) is 0.100. The molecule has 3 N–H and O–H groups in total. The van der Waals surface area contributed by atoms with Gasteiger partial charge in [0, 0.05) is 0 Å². The number of hydrogen-bond acceptors (Lipinski definition) is 3. The zero-order valence-electron chi connectivity index (χ0n) is 18.7. The number of carbonyl (C=O) groups is 3. The van der Waals surface area contributed by atoms with E-state index >= 15 is 0 Å². The third-order valence-electron chi connectivity index (χ3n) is 7.85. The van der Waals surface area contributed by atoms with E-state index in [1.54, 1.807) is 36.4 Å². The van der Waals surface area contributed by atoms with E-state index in [4.69, 9.17) is 0 Å². The van der Waals surface area contributed by atoms with Gasteiger partial charge in [0.15, 0.2) is 0 Å². The minimum absolute atomic E-state index is 0.493. The minimum atomic E-state index is -1.05. The fourth-order valence-corrected chi connectivity index (χ4v) is 6.71. The standard InChI is InChI=1S/C30H18O6/c31-28(32)22-16-10-4-1-7-13(16)19-25(22)20-15-9-3-6-12-18(15)24(30(35)36)27(20)21-14-8-2-5-11-17(14)23(26(19)21)29(33)34/h1-12,22-24H,(H,31,32)(H,33,34)(H,35,36)/t22-,23-,24+/m1/s1. The average molecular weight is 474 g/mol. The molecule has 0 unspecified atom stereocenters. The van der Waals surface area contributed by atoms with Crippen molar-refractivity contribution < 1.29 is 29.7 Å². The number of carboxylic acids is 3. The van der Waals surface area contributed by atoms with E-state index in [0.717, 1.165) is 0 Å². The highest BCUT2D eigenvalue weighted by Crippen LogP contribution is 2.64. The molecule has 0 heterocycles. The van der Waals surface area contributed by atoms with Gasteiger partial charge in [-0.25, -0.2) is 0 Å². The van der Waals surface area contributed by atoms with E-state index in [2.05, 4.69) is 0 Å². The van der Waals surface area contributed by atoms with Crippen LogP contribution in [-0.4, -0.2) is 33.2 Å². The number of hydrogen-bond donors (Lipinski definition) is 3. The third-order valence-corrected chi connectivity index (χ3v) is 7.85. The smallest absolute Gasteiger partial charge is 0.315 e. The zero-order chi connectivity index (χ0) is 24.9. The number of aliphatic carboxylic acids is 3. The van der Waals surface area contributed by atoms with Gasteiger partial charge in [-0.2, -0.15) is 0 Å². The lowest BCUT2D eigenvalue weighted by molar-refractivity contribution is -0.138. The van der Waals surface area contributed by atoms with Gasteiger partial charge in [-0.15, -0.1) is 0 Å². The summed E-state index contributed by atoms with van der Waals surface area (Å²) in [5, 5.41) is 31.3. The van der Waals surface area contributed by atoms with E-state index in [0.29, 0.717) is 66.8 Å². The molecule has 3 aliphatic carbocycles. The van der Waals surface area contributed by atoms with Crippen molar-refractivity contribution in [3.05, 3.63) is 106 Å². The molecule has 0 aromatic heterocycles. The van der Waals surface area contributed by atoms with Crippen LogP contribution in [0.2, 0.25) is 0 Å². The topological polar surface area (TPSA) is 112 Å². The van der Waals surface area contributed by atoms with Gasteiger partial charge in [-0.3, -0.25) is 14.4 Å². The minimum Gasteiger partial charge on any atom is -0.481 e. The summed E-state index contributed by atoms with van der Waals surface area (Å²) in [5.74, 6) is -6.26. The molecule has 0 spiro atoms. The Hall–Kier alpha value is -4.71. The fourth-order valence-electron chi connectivity index (χ4n) is 6.71. The highest BCUT2D eigenvalue weighted by Gasteiger charge is 2.50. The number of fused-ring (bicyclic) bond motifs is 12. The van der Waals surface area contributed by atoms with E-state index in [9.17, 15) is 29.7 Å². The van der Waals surface area contributed by atoms with Crippen molar-refractivity contribution in [2.75, 3.05) is 0 Å². The Morgan fingerprint density at radius 1 is 0.444 bits per heavy atom. The summed E-state index contributed by atoms with van der Waals surface area (Å²) in [4.78, 5) is 38.3. The summed E-state index contributed by atoms with van der Waals surface area (Å²) in [6, 6.07) is 21.6. The molecule has 3 atom stereocenters. The summed E-state index contributed by atoms with van der Waals surface area (Å²) in [6.07, 6.45) is 0. The predicted molar refractivity (Wildman–Crippen MR) is 131 cm³/mol. The molecule has 6 nitrogen and oxygen atoms in total. The molecule has 7 rings (SSSR count). The van der Waals surface area contributed by atoms with Crippen LogP contribution in [0.1, 0.15) is 51.1 Å². The van der Waals surface area contributed by atoms with Gasteiger partial charge in [0.2, 0.25) is 0 Å². The Morgan fingerprint density at radius 3 is 0.944 bits per heavy atom. The second-order valence-electron chi connectivity index (χ2n) is 9.44. The molecule has 0 bridgehead atoms. The van der Waals surface area contributed by atoms with Crippen LogP contribution in [0.4, 0.5) is 0 Å². The van der Waals surface area contributed by atoms with Crippen LogP contribution in [0.15, 0.2) is 72.8 Å². The average Bonchev–Trinajstić information content (AvgIpc) is 3.49. The Bertz CT molecular complexity index is 1480. The van der Waals surface area contributed by atoms with Crippen LogP contribution in [0.25, 0.3) is 33.4 Å². The molecule has 0 saturated heterocycles. The second kappa shape index (κ2) is 6.92. The number of benzene rings is 4. The predicted octanol–water partition coefficient (Wildman–Crippen LogP) is 5.28. The maximum absolute atomic E-state index is 12.8. The molecule has 0 saturated carbocycles. The van der Waals surface area contributed by atoms with Gasteiger partial charge >= 0.3 is 17.9 Å². The highest BCUT2D eigenvalue weighted by molar-refractivity contribution is 6.11. The molecule has 0 radical (unpaired) electrons. The molecule has 174 valence electrons. The lowest BCUT2D eigenvalue weighted by atomic mass is 9.80. The SMILES string of the molecule is O=C(O)[C@@H]1c2ccccc2-c2c1c1c(c3c2[C@@H](C(=O)O)c2ccccc2-3)[C@H](C(=O)O)c2ccccc2-1. The summed E-state index contributed by atoms with van der Waals surface area (Å²) >= 11 is 0. The van der Waals surface area contributed by atoms with Crippen LogP contribution in [-0.2, 0) is 14.4 Å². The summed E-state index contributed by atoms with van der Waals surface area (Å²) in [5.41, 5.74) is 7.14. The quantitative estimate of drug-likeness (QED) is 0.373. The second-order valence-corrected chi connectivity index (χ2v) is 9.44. The van der Waals surface area contributed by atoms with Crippen molar-refractivity contribution >= 4 is 17.9 Å². The van der Waals surface area contributed by atoms with E-state index in [1.165, 1.54) is 0 Å². The van der Waals surface area contributed by atoms with E-state index in [1.807, 2.05) is 36.4 Å². The number of rotatable bonds is 3. The van der Waals surface area contributed by atoms with Crippen molar-refractivity contribution in [3.63, 3.8) is 0 Å². The van der Waals surface area contributed by atoms with Crippen LogP contribution in [0.3, 0.4) is 0 Å². The Morgan fingerprint density at radius 2 is 0.694 bits per heavy atom. The van der Waals surface area contributed by atoms with Gasteiger partial charge in [0.05, 0.1) is 0 Å². The maximum Gasteiger partial charge on any atom is 0.315 e. The molecule has 6 heteroatoms. The lowest BCUT2D eigenvalue weighted by Crippen LogP contribution is -2.16. The monoisotopic (exact) mass is 474 g/mol. The lowest BCUT2D eigenvalue weighted by Gasteiger charge is -2.21. The molecule has 0 aliphatic heterocycles. The normalized spacial score (nSPS) is 19.5. The first-order chi connectivity index (χ1) is 17.4. The molecular weight excluding hydrogens is 456 g/mol. The first kappa shape index (κ1) is 20.6. The first-order valence-electron chi connectivity index (χ1n) is 11.6. The molecule has 4 aromatic rings. The Balaban J connectivity index is 1.76. The van der Waals surface area contributed by atoms with Gasteiger partial charge in [-0.05, 0) is 66.8 Å². The molecule has 0 fully saturated rings. The molecule has 4 aromatic carbocycles. The largest absolute Gasteiger partial charge is 0.481 e. The number of carboxylic acid groups (broad SMARTS) is 3. The molecule has 3 aliphatic rings. The molecule has 36 heavy (non-hydrogen) atoms. The molecular formula is C30H18O6. The summed E-state index contributed by atoms with van der Waals surface area (Å²) in [7, 11) is 0. The van der Waals surface area contributed by atoms with E-state index in [-0.39, 0.29) is 0 Å². The van der Waals surface area contributed by atoms with Crippen LogP contribution < -0.4 is 0 Å². The van der Waals surface area contributed by atoms with Gasteiger partial charge in [0.1, 0.15) is 17.8 Å². The summed E-state index contributed by atoms with van der Waals surface area (Å²) < 4.78 is 0. The van der Waals surface area contributed by atoms with Crippen LogP contribution in [0, 0.1) is 0 Å². The van der Waals surface area contributed by atoms with Crippen molar-refractivity contribution in [1.82, 2.24) is 0 Å². The van der Waals surface area contributed by atoms with E-state index < -0.39 is 35.7 Å². The van der Waals surface area contributed by atoms with Crippen LogP contribution in [0.5, 0.6) is 0 Å². The Kier molecular flexibility index (Phi) is 3.97. The maximum atomic E-state index is 12.8. The molecule has 0 amide bonds. The third kappa shape index (κ3) is 2.33. The van der Waals surface area contributed by atoms with Crippen molar-refractivity contribution in [2.24, 2.45) is 0 Å². The van der Waals surface area contributed by atoms with Crippen molar-refractivity contribution in [2.45, 2.75) is 17.8 Å². The van der Waals surface area contributed by atoms with Crippen molar-refractivity contribution in [3.8, 4) is 33.4 Å². The van der Waals surface area contributed by atoms with Crippen LogP contribution >= 0.6 is 0 Å². The summed E-state index contributed by atoms with van der Waals surface area (Å²) in [6.45, 7) is 0. The first-order valence-corrected chi connectivity index (χ1v) is 11.6. The Labute approximate surface area is 205 Å². The van der Waals surface area contributed by atoms with Crippen molar-refractivity contribution in [1.29, 1.82) is 0 Å². The zero-order valence-corrected chi connectivity index (χ0v) is 18.7. The highest BCUT2D eigenvalue weighted by atomic mass is 16.4. The van der Waals surface area contributed by atoms with Gasteiger partial charge < -0.3 is 15.3 Å². The van der Waals surface area contributed by atoms with Gasteiger partial charge in [0.25, 0.3) is 0 Å². The van der Waals surface area contributed by atoms with Gasteiger partial charge in [-0.1, -0.05) is 72.8 Å².